The van der Waals surface area contributed by atoms with Crippen molar-refractivity contribution >= 4 is 23.2 Å². The summed E-state index contributed by atoms with van der Waals surface area (Å²) in [5.41, 5.74) is 2.97. The van der Waals surface area contributed by atoms with E-state index in [1.807, 2.05) is 51.1 Å². The first-order valence-corrected chi connectivity index (χ1v) is 9.48. The monoisotopic (exact) mass is 388 g/mol. The fourth-order valence-corrected chi connectivity index (χ4v) is 2.91. The Morgan fingerprint density at radius 3 is 2.17 bits per heavy atom. The van der Waals surface area contributed by atoms with Crippen LogP contribution in [-0.4, -0.2) is 17.9 Å². The van der Waals surface area contributed by atoms with Gasteiger partial charge in [0, 0.05) is 5.69 Å². The molecule has 3 rings (SSSR count). The van der Waals surface area contributed by atoms with Crippen molar-refractivity contribution in [3.63, 3.8) is 0 Å². The summed E-state index contributed by atoms with van der Waals surface area (Å²) in [6.07, 6.45) is -0.0589. The van der Waals surface area contributed by atoms with Gasteiger partial charge in [0.1, 0.15) is 5.75 Å². The number of amides is 2. The van der Waals surface area contributed by atoms with E-state index in [2.05, 4.69) is 10.6 Å². The number of anilines is 2. The van der Waals surface area contributed by atoms with Gasteiger partial charge in [0.15, 0.2) is 0 Å². The van der Waals surface area contributed by atoms with Crippen molar-refractivity contribution in [3.05, 3.63) is 89.5 Å². The lowest BCUT2D eigenvalue weighted by Gasteiger charge is -2.15. The third-order valence-electron chi connectivity index (χ3n) is 4.19. The zero-order chi connectivity index (χ0) is 20.8. The highest BCUT2D eigenvalue weighted by molar-refractivity contribution is 6.13. The molecule has 0 aromatic heterocycles. The number of rotatable bonds is 6. The van der Waals surface area contributed by atoms with Crippen molar-refractivity contribution in [2.45, 2.75) is 26.9 Å². The van der Waals surface area contributed by atoms with Crippen LogP contribution >= 0.6 is 0 Å². The molecule has 0 aliphatic rings. The molecule has 148 valence electrons. The van der Waals surface area contributed by atoms with E-state index >= 15 is 0 Å². The summed E-state index contributed by atoms with van der Waals surface area (Å²) in [6.45, 7) is 5.76. The number of hydrogen-bond acceptors (Lipinski definition) is 3. The second-order valence-electron chi connectivity index (χ2n) is 6.99. The molecule has 2 N–H and O–H groups in total. The highest BCUT2D eigenvalue weighted by atomic mass is 16.5. The molecule has 0 saturated carbocycles. The van der Waals surface area contributed by atoms with Crippen LogP contribution < -0.4 is 15.4 Å². The van der Waals surface area contributed by atoms with E-state index in [1.54, 1.807) is 42.5 Å². The third-order valence-corrected chi connectivity index (χ3v) is 4.19. The van der Waals surface area contributed by atoms with Crippen LogP contribution in [-0.2, 0) is 0 Å². The molecule has 5 nitrogen and oxygen atoms in total. The lowest BCUT2D eigenvalue weighted by Crippen LogP contribution is -2.19. The maximum atomic E-state index is 12.9. The van der Waals surface area contributed by atoms with Crippen molar-refractivity contribution in [2.75, 3.05) is 10.6 Å². The quantitative estimate of drug-likeness (QED) is 0.603. The number of hydrogen-bond donors (Lipinski definition) is 2. The van der Waals surface area contributed by atoms with Gasteiger partial charge < -0.3 is 15.4 Å². The SMILES string of the molecule is Cc1cccc(NC(=O)c2ccccc2NC(=O)c2ccccc2OC(C)C)c1. The molecule has 5 heteroatoms. The molecule has 0 fully saturated rings. The number of carbonyl (C=O) groups excluding carboxylic acids is 2. The molecule has 0 bridgehead atoms. The average Bonchev–Trinajstić information content (AvgIpc) is 2.68. The fourth-order valence-electron chi connectivity index (χ4n) is 2.91. The van der Waals surface area contributed by atoms with Crippen LogP contribution in [0.3, 0.4) is 0 Å². The molecule has 3 aromatic carbocycles. The number of para-hydroxylation sites is 2. The van der Waals surface area contributed by atoms with Crippen LogP contribution in [0.2, 0.25) is 0 Å². The van der Waals surface area contributed by atoms with Gasteiger partial charge in [-0.1, -0.05) is 36.4 Å². The van der Waals surface area contributed by atoms with Crippen LogP contribution in [0, 0.1) is 6.92 Å². The van der Waals surface area contributed by atoms with Gasteiger partial charge in [0.05, 0.1) is 22.9 Å². The number of aryl methyl sites for hydroxylation is 1. The summed E-state index contributed by atoms with van der Waals surface area (Å²) >= 11 is 0. The standard InChI is InChI=1S/C24H24N2O3/c1-16(2)29-22-14-7-5-12-20(22)24(28)26-21-13-6-4-11-19(21)23(27)25-18-10-8-9-17(3)15-18/h4-16H,1-3H3,(H,25,27)(H,26,28). The Balaban J connectivity index is 1.82. The molecule has 0 spiro atoms. The number of carbonyl (C=O) groups is 2. The molecule has 0 heterocycles. The molecule has 3 aromatic rings. The van der Waals surface area contributed by atoms with Crippen molar-refractivity contribution in [3.8, 4) is 5.75 Å². The molecular formula is C24H24N2O3. The molecule has 0 saturated heterocycles. The molecule has 0 radical (unpaired) electrons. The van der Waals surface area contributed by atoms with Gasteiger partial charge in [0.25, 0.3) is 11.8 Å². The molecule has 0 aliphatic carbocycles. The Bertz CT molecular complexity index is 1030. The van der Waals surface area contributed by atoms with Gasteiger partial charge >= 0.3 is 0 Å². The third kappa shape index (κ3) is 5.23. The molecular weight excluding hydrogens is 364 g/mol. The lowest BCUT2D eigenvalue weighted by atomic mass is 10.1. The van der Waals surface area contributed by atoms with Gasteiger partial charge in [-0.25, -0.2) is 0 Å². The molecule has 29 heavy (non-hydrogen) atoms. The summed E-state index contributed by atoms with van der Waals surface area (Å²) in [7, 11) is 0. The van der Waals surface area contributed by atoms with E-state index < -0.39 is 0 Å². The Morgan fingerprint density at radius 1 is 0.793 bits per heavy atom. The zero-order valence-corrected chi connectivity index (χ0v) is 16.7. The minimum Gasteiger partial charge on any atom is -0.490 e. The lowest BCUT2D eigenvalue weighted by molar-refractivity contribution is 0.102. The van der Waals surface area contributed by atoms with Crippen LogP contribution in [0.25, 0.3) is 0 Å². The van der Waals surface area contributed by atoms with Gasteiger partial charge in [-0.2, -0.15) is 0 Å². The number of benzene rings is 3. The zero-order valence-electron chi connectivity index (χ0n) is 16.7. The largest absolute Gasteiger partial charge is 0.490 e. The van der Waals surface area contributed by atoms with E-state index in [1.165, 1.54) is 0 Å². The van der Waals surface area contributed by atoms with E-state index in [0.717, 1.165) is 5.56 Å². The summed E-state index contributed by atoms with van der Waals surface area (Å²) in [5.74, 6) is -0.128. The van der Waals surface area contributed by atoms with Crippen molar-refractivity contribution < 1.29 is 14.3 Å². The van der Waals surface area contributed by atoms with Gasteiger partial charge in [-0.3, -0.25) is 9.59 Å². The predicted molar refractivity (Wildman–Crippen MR) is 116 cm³/mol. The smallest absolute Gasteiger partial charge is 0.259 e. The van der Waals surface area contributed by atoms with Crippen molar-refractivity contribution in [1.82, 2.24) is 0 Å². The summed E-state index contributed by atoms with van der Waals surface area (Å²) in [5, 5.41) is 5.71. The van der Waals surface area contributed by atoms with Gasteiger partial charge in [-0.05, 0) is 62.7 Å². The first-order valence-electron chi connectivity index (χ1n) is 9.48. The summed E-state index contributed by atoms with van der Waals surface area (Å²) < 4.78 is 5.73. The molecule has 0 unspecified atom stereocenters. The number of ether oxygens (including phenoxy) is 1. The highest BCUT2D eigenvalue weighted by Crippen LogP contribution is 2.23. The van der Waals surface area contributed by atoms with Crippen LogP contribution in [0.4, 0.5) is 11.4 Å². The fraction of sp³-hybridized carbons (Fsp3) is 0.167. The Hall–Kier alpha value is -3.60. The molecule has 0 atom stereocenters. The van der Waals surface area contributed by atoms with E-state index in [-0.39, 0.29) is 17.9 Å². The summed E-state index contributed by atoms with van der Waals surface area (Å²) in [6, 6.07) is 21.5. The Kier molecular flexibility index (Phi) is 6.29. The van der Waals surface area contributed by atoms with E-state index in [4.69, 9.17) is 4.74 Å². The van der Waals surface area contributed by atoms with Crippen LogP contribution in [0.5, 0.6) is 5.75 Å². The molecule has 2 amide bonds. The second-order valence-corrected chi connectivity index (χ2v) is 6.99. The highest BCUT2D eigenvalue weighted by Gasteiger charge is 2.17. The minimum absolute atomic E-state index is 0.0589. The Labute approximate surface area is 170 Å². The average molecular weight is 388 g/mol. The second kappa shape index (κ2) is 9.06. The maximum absolute atomic E-state index is 12.9. The van der Waals surface area contributed by atoms with Gasteiger partial charge in [-0.15, -0.1) is 0 Å². The molecule has 0 aliphatic heterocycles. The van der Waals surface area contributed by atoms with Gasteiger partial charge in [0.2, 0.25) is 0 Å². The van der Waals surface area contributed by atoms with E-state index in [0.29, 0.717) is 28.3 Å². The van der Waals surface area contributed by atoms with Crippen molar-refractivity contribution in [1.29, 1.82) is 0 Å². The van der Waals surface area contributed by atoms with Crippen molar-refractivity contribution in [2.24, 2.45) is 0 Å². The first kappa shape index (κ1) is 20.1. The maximum Gasteiger partial charge on any atom is 0.259 e. The van der Waals surface area contributed by atoms with E-state index in [9.17, 15) is 9.59 Å². The van der Waals surface area contributed by atoms with Crippen LogP contribution in [0.1, 0.15) is 40.1 Å². The first-order chi connectivity index (χ1) is 13.9. The minimum atomic E-state index is -0.336. The normalized spacial score (nSPS) is 10.5. The topological polar surface area (TPSA) is 67.4 Å². The van der Waals surface area contributed by atoms with Crippen LogP contribution in [0.15, 0.2) is 72.8 Å². The Morgan fingerprint density at radius 2 is 1.45 bits per heavy atom. The summed E-state index contributed by atoms with van der Waals surface area (Å²) in [4.78, 5) is 25.7. The predicted octanol–water partition coefficient (Wildman–Crippen LogP) is 5.29. The number of nitrogens with one attached hydrogen (secondary N) is 2.